The summed E-state index contributed by atoms with van der Waals surface area (Å²) in [5, 5.41) is 15.2. The van der Waals surface area contributed by atoms with Crippen LogP contribution in [0.4, 0.5) is 17.2 Å². The van der Waals surface area contributed by atoms with Gasteiger partial charge in [-0.25, -0.2) is 9.97 Å². The predicted molar refractivity (Wildman–Crippen MR) is 95.9 cm³/mol. The first-order valence-electron chi connectivity index (χ1n) is 7.30. The number of anilines is 3. The second-order valence-electron chi connectivity index (χ2n) is 5.06. The van der Waals surface area contributed by atoms with Crippen molar-refractivity contribution in [3.63, 3.8) is 0 Å². The van der Waals surface area contributed by atoms with E-state index in [2.05, 4.69) is 26.7 Å². The van der Waals surface area contributed by atoms with Crippen LogP contribution < -0.4 is 10.6 Å². The van der Waals surface area contributed by atoms with E-state index in [1.54, 1.807) is 54.6 Å². The zero-order valence-corrected chi connectivity index (χ0v) is 13.7. The number of aromatic nitrogens is 2. The minimum Gasteiger partial charge on any atom is -0.340 e. The largest absolute Gasteiger partial charge is 0.340 e. The Balaban J connectivity index is 1.72. The van der Waals surface area contributed by atoms with E-state index in [9.17, 15) is 4.79 Å². The number of nitrogens with one attached hydrogen (secondary N) is 2. The molecule has 0 bridgehead atoms. The summed E-state index contributed by atoms with van der Waals surface area (Å²) in [6.45, 7) is 0. The van der Waals surface area contributed by atoms with Crippen molar-refractivity contribution in [3.8, 4) is 6.07 Å². The Kier molecular flexibility index (Phi) is 4.88. The maximum atomic E-state index is 12.3. The summed E-state index contributed by atoms with van der Waals surface area (Å²) >= 11 is 5.82. The van der Waals surface area contributed by atoms with Crippen LogP contribution in [0.15, 0.2) is 60.9 Å². The maximum absolute atomic E-state index is 12.3. The summed E-state index contributed by atoms with van der Waals surface area (Å²) in [7, 11) is 0. The quantitative estimate of drug-likeness (QED) is 0.743. The average molecular weight is 350 g/mol. The molecule has 2 N–H and O–H groups in total. The molecule has 0 radical (unpaired) electrons. The van der Waals surface area contributed by atoms with Crippen LogP contribution in [0.1, 0.15) is 16.1 Å². The van der Waals surface area contributed by atoms with E-state index in [4.69, 9.17) is 16.9 Å². The van der Waals surface area contributed by atoms with Crippen LogP contribution in [-0.4, -0.2) is 15.9 Å². The van der Waals surface area contributed by atoms with Crippen molar-refractivity contribution in [1.29, 1.82) is 5.26 Å². The molecule has 0 aliphatic rings. The average Bonchev–Trinajstić information content (AvgIpc) is 2.64. The highest BCUT2D eigenvalue weighted by atomic mass is 35.5. The van der Waals surface area contributed by atoms with Gasteiger partial charge in [-0.15, -0.1) is 0 Å². The van der Waals surface area contributed by atoms with Crippen LogP contribution in [0, 0.1) is 11.3 Å². The first-order chi connectivity index (χ1) is 12.1. The lowest BCUT2D eigenvalue weighted by Gasteiger charge is -2.08. The van der Waals surface area contributed by atoms with E-state index >= 15 is 0 Å². The number of carbonyl (C=O) groups is 1. The first-order valence-corrected chi connectivity index (χ1v) is 7.68. The normalized spacial score (nSPS) is 9.92. The third-order valence-corrected chi connectivity index (χ3v) is 3.54. The minimum atomic E-state index is -0.354. The number of amides is 1. The lowest BCUT2D eigenvalue weighted by atomic mass is 10.2. The fourth-order valence-corrected chi connectivity index (χ4v) is 2.18. The maximum Gasteiger partial charge on any atom is 0.274 e. The van der Waals surface area contributed by atoms with Crippen molar-refractivity contribution in [3.05, 3.63) is 77.2 Å². The lowest BCUT2D eigenvalue weighted by Crippen LogP contribution is -2.14. The van der Waals surface area contributed by atoms with Crippen molar-refractivity contribution < 1.29 is 4.79 Å². The Labute approximate surface area is 149 Å². The number of benzene rings is 2. The lowest BCUT2D eigenvalue weighted by molar-refractivity contribution is 0.102. The molecular weight excluding hydrogens is 338 g/mol. The van der Waals surface area contributed by atoms with Gasteiger partial charge in [0.1, 0.15) is 17.8 Å². The van der Waals surface area contributed by atoms with Crippen molar-refractivity contribution in [2.75, 3.05) is 10.6 Å². The number of nitriles is 1. The summed E-state index contributed by atoms with van der Waals surface area (Å²) in [6.07, 6.45) is 1.31. The zero-order chi connectivity index (χ0) is 17.6. The highest BCUT2D eigenvalue weighted by Gasteiger charge is 2.09. The third-order valence-electron chi connectivity index (χ3n) is 3.29. The first kappa shape index (κ1) is 16.4. The molecule has 0 aliphatic heterocycles. The summed E-state index contributed by atoms with van der Waals surface area (Å²) in [6, 6.07) is 17.3. The van der Waals surface area contributed by atoms with Gasteiger partial charge in [-0.3, -0.25) is 4.79 Å². The molecule has 0 atom stereocenters. The van der Waals surface area contributed by atoms with E-state index in [1.165, 1.54) is 6.33 Å². The molecule has 1 aromatic heterocycles. The molecule has 1 amide bonds. The molecule has 3 aromatic rings. The smallest absolute Gasteiger partial charge is 0.274 e. The Morgan fingerprint density at radius 1 is 1.00 bits per heavy atom. The number of rotatable bonds is 4. The third kappa shape index (κ3) is 4.31. The van der Waals surface area contributed by atoms with Gasteiger partial charge >= 0.3 is 0 Å². The van der Waals surface area contributed by atoms with Gasteiger partial charge in [-0.05, 0) is 48.5 Å². The van der Waals surface area contributed by atoms with Crippen molar-refractivity contribution in [2.45, 2.75) is 0 Å². The Bertz CT molecular complexity index is 933. The number of nitrogens with zero attached hydrogens (tertiary/aromatic N) is 3. The Hall–Kier alpha value is -3.43. The SMILES string of the molecule is N#Cc1ccc(Nc2cc(C(=O)Nc3ccc(Cl)cc3)ncn2)cc1. The van der Waals surface area contributed by atoms with Crippen molar-refractivity contribution >= 4 is 34.7 Å². The van der Waals surface area contributed by atoms with Gasteiger partial charge in [0.15, 0.2) is 0 Å². The highest BCUT2D eigenvalue weighted by Crippen LogP contribution is 2.17. The zero-order valence-electron chi connectivity index (χ0n) is 12.9. The second kappa shape index (κ2) is 7.43. The van der Waals surface area contributed by atoms with Gasteiger partial charge < -0.3 is 10.6 Å². The van der Waals surface area contributed by atoms with Gasteiger partial charge in [0.25, 0.3) is 5.91 Å². The molecule has 1 heterocycles. The summed E-state index contributed by atoms with van der Waals surface area (Å²) < 4.78 is 0. The molecule has 0 spiro atoms. The van der Waals surface area contributed by atoms with Crippen molar-refractivity contribution in [2.24, 2.45) is 0 Å². The van der Waals surface area contributed by atoms with Gasteiger partial charge in [0.05, 0.1) is 11.6 Å². The minimum absolute atomic E-state index is 0.223. The summed E-state index contributed by atoms with van der Waals surface area (Å²) in [4.78, 5) is 20.4. The predicted octanol–water partition coefficient (Wildman–Crippen LogP) is 4.00. The molecule has 0 saturated carbocycles. The molecule has 0 unspecified atom stereocenters. The topological polar surface area (TPSA) is 90.7 Å². The van der Waals surface area contributed by atoms with E-state index in [-0.39, 0.29) is 11.6 Å². The molecule has 3 rings (SSSR count). The van der Waals surface area contributed by atoms with E-state index in [0.717, 1.165) is 5.69 Å². The second-order valence-corrected chi connectivity index (χ2v) is 5.50. The van der Waals surface area contributed by atoms with Crippen LogP contribution in [0.5, 0.6) is 0 Å². The van der Waals surface area contributed by atoms with E-state index in [0.29, 0.717) is 22.1 Å². The fourth-order valence-electron chi connectivity index (χ4n) is 2.05. The van der Waals surface area contributed by atoms with E-state index in [1.807, 2.05) is 0 Å². The molecule has 7 heteroatoms. The van der Waals surface area contributed by atoms with Gasteiger partial charge in [-0.2, -0.15) is 5.26 Å². The van der Waals surface area contributed by atoms with Gasteiger partial charge in [0, 0.05) is 22.5 Å². The molecule has 25 heavy (non-hydrogen) atoms. The molecule has 2 aromatic carbocycles. The van der Waals surface area contributed by atoms with Crippen molar-refractivity contribution in [1.82, 2.24) is 9.97 Å². The molecule has 0 saturated heterocycles. The van der Waals surface area contributed by atoms with Crippen LogP contribution in [0.3, 0.4) is 0 Å². The number of carbonyl (C=O) groups excluding carboxylic acids is 1. The van der Waals surface area contributed by atoms with Crippen LogP contribution in [0.25, 0.3) is 0 Å². The number of hydrogen-bond acceptors (Lipinski definition) is 5. The van der Waals surface area contributed by atoms with Crippen LogP contribution >= 0.6 is 11.6 Å². The molecule has 0 fully saturated rings. The van der Waals surface area contributed by atoms with Gasteiger partial charge in [-0.1, -0.05) is 11.6 Å². The molecule has 122 valence electrons. The molecule has 0 aliphatic carbocycles. The molecule has 6 nitrogen and oxygen atoms in total. The summed E-state index contributed by atoms with van der Waals surface area (Å²) in [5.74, 6) is 0.119. The Morgan fingerprint density at radius 2 is 1.68 bits per heavy atom. The Morgan fingerprint density at radius 3 is 2.36 bits per heavy atom. The number of hydrogen-bond donors (Lipinski definition) is 2. The summed E-state index contributed by atoms with van der Waals surface area (Å²) in [5.41, 5.74) is 2.16. The fraction of sp³-hybridized carbons (Fsp3) is 0. The van der Waals surface area contributed by atoms with E-state index < -0.39 is 0 Å². The number of halogens is 1. The molecular formula is C18H12ClN5O. The monoisotopic (exact) mass is 349 g/mol. The highest BCUT2D eigenvalue weighted by molar-refractivity contribution is 6.30. The van der Waals surface area contributed by atoms with Gasteiger partial charge in [0.2, 0.25) is 0 Å². The van der Waals surface area contributed by atoms with Crippen LogP contribution in [0.2, 0.25) is 5.02 Å². The standard InChI is InChI=1S/C18H12ClN5O/c19-13-3-7-15(8-4-13)24-18(25)16-9-17(22-11-21-16)23-14-5-1-12(10-20)2-6-14/h1-9,11H,(H,24,25)(H,21,22,23). The van der Waals surface area contributed by atoms with Crippen LogP contribution in [-0.2, 0) is 0 Å².